The molecule has 32 nitrogen and oxygen atoms in total. The molecule has 94 heavy (non-hydrogen) atoms. The van der Waals surface area contributed by atoms with Crippen LogP contribution in [0.2, 0.25) is 0 Å². The minimum atomic E-state index is -5.20. The average molecular weight is 1460 g/mol. The molecule has 0 unspecified atom stereocenters. The maximum Gasteiger partial charge on any atom is 0.295 e. The molecule has 8 rings (SSSR count). The third-order valence-electron chi connectivity index (χ3n) is 15.2. The van der Waals surface area contributed by atoms with Gasteiger partial charge in [0, 0.05) is 89.5 Å². The summed E-state index contributed by atoms with van der Waals surface area (Å²) in [4.78, 5) is 40.6. The fraction of sp³-hybridized carbons (Fsp3) is 0.315. The number of nitrogens with one attached hydrogen (secondary N) is 3. The number of anilines is 2. The van der Waals surface area contributed by atoms with Gasteiger partial charge in [-0.25, -0.2) is 13.6 Å². The summed E-state index contributed by atoms with van der Waals surface area (Å²) in [7, 11) is -34.3. The second-order valence-electron chi connectivity index (χ2n) is 22.4. The van der Waals surface area contributed by atoms with Crippen molar-refractivity contribution >= 4 is 149 Å². The lowest BCUT2D eigenvalue weighted by Gasteiger charge is -2.27. The van der Waals surface area contributed by atoms with E-state index in [-0.39, 0.29) is 109 Å². The smallest absolute Gasteiger partial charge is 0.295 e. The quantitative estimate of drug-likeness (QED) is 0.0121. The molecular formula is C54H60N9O23S8+. The lowest BCUT2D eigenvalue weighted by atomic mass is 9.79. The van der Waals surface area contributed by atoms with Crippen molar-refractivity contribution in [1.82, 2.24) is 25.8 Å². The van der Waals surface area contributed by atoms with Crippen molar-refractivity contribution in [2.24, 2.45) is 5.14 Å². The van der Waals surface area contributed by atoms with Crippen LogP contribution in [0.5, 0.6) is 0 Å². The number of hydrogen-bond acceptors (Lipinski definition) is 22. The van der Waals surface area contributed by atoms with E-state index in [2.05, 4.69) is 31.1 Å². The standard InChI is InChI=1S/C54H59N9O23S8/c1-53(2)44(62(22-24-88(67,68)69)40-15-12-35-37(48(40)53)26-33(91(75,76)77)28-42(35)93(81,82)83)17-10-31(39-14-9-32(30-58-39)50(66)57-20-7-5-6-8-46(64)56-21-19-47(65)59-51-60-61-52(87-51)90(55,73)74)11-18-45-54(3,4)49-38-27-34(92(78,79)80)29-43(94(84,85)86)36(38)13-16-41(49)63(45)23-25-89(70,71)72/h9-18,26-30H,5-8,19-25H2,1-4H3,(H10-,55,56,57,59,60,64,65,66,67,68,69,70,71,72,73,74,75,76,77,78,79,80,81,82,83,84,85,86)/p+1. The van der Waals surface area contributed by atoms with Crippen LogP contribution < -0.4 is 26.0 Å². The van der Waals surface area contributed by atoms with E-state index in [1.54, 1.807) is 27.7 Å². The molecule has 0 spiro atoms. The number of allylic oxidation sites excluding steroid dienone is 6. The van der Waals surface area contributed by atoms with Crippen LogP contribution in [0, 0.1) is 0 Å². The van der Waals surface area contributed by atoms with E-state index in [4.69, 9.17) is 5.14 Å². The molecule has 2 aliphatic heterocycles. The molecule has 40 heteroatoms. The Morgan fingerprint density at radius 2 is 1.23 bits per heavy atom. The van der Waals surface area contributed by atoms with E-state index in [9.17, 15) is 101 Å². The maximum absolute atomic E-state index is 13.5. The summed E-state index contributed by atoms with van der Waals surface area (Å²) in [5.74, 6) is -3.34. The summed E-state index contributed by atoms with van der Waals surface area (Å²) in [6.45, 7) is 5.45. The Labute approximate surface area is 543 Å². The van der Waals surface area contributed by atoms with Gasteiger partial charge in [-0.05, 0) is 104 Å². The van der Waals surface area contributed by atoms with Gasteiger partial charge in [-0.3, -0.25) is 46.7 Å². The monoisotopic (exact) mass is 1460 g/mol. The van der Waals surface area contributed by atoms with Gasteiger partial charge in [-0.2, -0.15) is 55.1 Å². The van der Waals surface area contributed by atoms with Crippen molar-refractivity contribution in [3.05, 3.63) is 119 Å². The van der Waals surface area contributed by atoms with E-state index in [1.165, 1.54) is 76.4 Å². The fourth-order valence-corrected chi connectivity index (χ4v) is 15.9. The van der Waals surface area contributed by atoms with Crippen LogP contribution >= 0.6 is 11.3 Å². The number of carbonyl (C=O) groups excluding carboxylic acids is 3. The van der Waals surface area contributed by atoms with Gasteiger partial charge >= 0.3 is 0 Å². The molecule has 0 fully saturated rings. The van der Waals surface area contributed by atoms with Crippen molar-refractivity contribution in [2.45, 2.75) is 94.6 Å². The molecule has 0 radical (unpaired) electrons. The van der Waals surface area contributed by atoms with Gasteiger partial charge in [0.2, 0.25) is 27.0 Å². The summed E-state index contributed by atoms with van der Waals surface area (Å²) in [5.41, 5.74) is -1.59. The average Bonchev–Trinajstić information content (AvgIpc) is 1.53. The van der Waals surface area contributed by atoms with Crippen LogP contribution in [0.3, 0.4) is 0 Å². The Morgan fingerprint density at radius 1 is 0.638 bits per heavy atom. The first-order valence-corrected chi connectivity index (χ1v) is 38.8. The third-order valence-corrected chi connectivity index (χ3v) is 22.2. The number of sulfonamides is 1. The predicted octanol–water partition coefficient (Wildman–Crippen LogP) is 3.78. The summed E-state index contributed by atoms with van der Waals surface area (Å²) in [6, 6.07) is 11.0. The number of benzene rings is 4. The molecule has 0 atom stereocenters. The molecule has 3 amide bonds. The van der Waals surface area contributed by atoms with Crippen molar-refractivity contribution in [2.75, 3.05) is 47.9 Å². The van der Waals surface area contributed by atoms with Gasteiger partial charge in [0.05, 0.1) is 32.2 Å². The van der Waals surface area contributed by atoms with Crippen molar-refractivity contribution in [3.63, 3.8) is 0 Å². The number of nitrogens with two attached hydrogens (primary N) is 1. The Morgan fingerprint density at radius 3 is 1.78 bits per heavy atom. The minimum absolute atomic E-state index is 0.0460. The second-order valence-corrected chi connectivity index (χ2v) is 33.9. The number of unbranched alkanes of at least 4 members (excludes halogenated alkanes) is 2. The number of rotatable bonds is 26. The van der Waals surface area contributed by atoms with E-state index in [0.717, 1.165) is 12.1 Å². The first-order valence-electron chi connectivity index (χ1n) is 27.5. The molecule has 2 aliphatic rings. The number of amides is 3. The van der Waals surface area contributed by atoms with Gasteiger partial charge in [0.25, 0.3) is 76.6 Å². The predicted molar refractivity (Wildman–Crippen MR) is 341 cm³/mol. The minimum Gasteiger partial charge on any atom is -0.356 e. The van der Waals surface area contributed by atoms with Crippen LogP contribution in [0.4, 0.5) is 16.5 Å². The number of hydrogen-bond donors (Lipinski definition) is 10. The summed E-state index contributed by atoms with van der Waals surface area (Å²) >= 11 is 0.552. The zero-order valence-corrected chi connectivity index (χ0v) is 56.2. The van der Waals surface area contributed by atoms with E-state index in [1.807, 2.05) is 0 Å². The van der Waals surface area contributed by atoms with Gasteiger partial charge in [0.1, 0.15) is 15.5 Å². The molecule has 2 aromatic heterocycles. The highest BCUT2D eigenvalue weighted by molar-refractivity contribution is 7.91. The molecule has 506 valence electrons. The van der Waals surface area contributed by atoms with Gasteiger partial charge in [-0.1, -0.05) is 43.7 Å². The summed E-state index contributed by atoms with van der Waals surface area (Å²) in [6.07, 6.45) is 8.26. The molecule has 0 bridgehead atoms. The SMILES string of the molecule is CC1(C)C(=CC=C(C=CC2=[N+](CCS(=O)(=O)O)c3ccc4c(S(=O)(=O)O)cc(S(=O)(=O)O)cc4c3C2(C)C)c2ccc(C(=O)NCCCCCC(=O)NCCC(=O)Nc3nnc(S(N)(=O)=O)s3)cn2)N(CCS(=O)(=O)O)c2ccc3c(S(=O)(=O)O)cc(S(=O)(=O)O)cc3c21. The number of nitrogens with zero attached hydrogens (tertiary/aromatic N) is 5. The van der Waals surface area contributed by atoms with Crippen LogP contribution in [0.25, 0.3) is 27.1 Å². The highest BCUT2D eigenvalue weighted by atomic mass is 32.3. The highest BCUT2D eigenvalue weighted by Gasteiger charge is 2.47. The molecular weight excluding hydrogens is 1400 g/mol. The largest absolute Gasteiger partial charge is 0.356 e. The third kappa shape index (κ3) is 16.6. The van der Waals surface area contributed by atoms with Gasteiger partial charge < -0.3 is 20.9 Å². The van der Waals surface area contributed by atoms with E-state index < -0.39 is 142 Å². The Hall–Kier alpha value is -7.42. The fourth-order valence-electron chi connectivity index (χ4n) is 11.0. The van der Waals surface area contributed by atoms with Crippen LogP contribution in [-0.4, -0.2) is 167 Å². The second kappa shape index (κ2) is 26.6. The lowest BCUT2D eigenvalue weighted by molar-refractivity contribution is -0.432. The molecule has 4 heterocycles. The lowest BCUT2D eigenvalue weighted by Crippen LogP contribution is -2.30. The van der Waals surface area contributed by atoms with Crippen molar-refractivity contribution in [1.29, 1.82) is 0 Å². The molecule has 11 N–H and O–H groups in total. The van der Waals surface area contributed by atoms with Crippen molar-refractivity contribution in [3.8, 4) is 0 Å². The first kappa shape index (κ1) is 72.4. The Balaban J connectivity index is 1.15. The number of carbonyl (C=O) groups is 3. The number of aromatic nitrogens is 3. The Bertz CT molecular complexity index is 5130. The zero-order valence-electron chi connectivity index (χ0n) is 49.6. The zero-order chi connectivity index (χ0) is 69.7. The van der Waals surface area contributed by atoms with Crippen LogP contribution in [-0.2, 0) is 91.2 Å². The first-order chi connectivity index (χ1) is 43.3. The van der Waals surface area contributed by atoms with Crippen LogP contribution in [0.1, 0.15) is 87.0 Å². The maximum atomic E-state index is 13.5. The normalized spacial score (nSPS) is 15.9. The number of fused-ring (bicyclic) bond motifs is 6. The van der Waals surface area contributed by atoms with Crippen LogP contribution in [0.15, 0.2) is 121 Å². The van der Waals surface area contributed by atoms with E-state index in [0.29, 0.717) is 42.7 Å². The molecule has 6 aromatic rings. The highest BCUT2D eigenvalue weighted by Crippen LogP contribution is 2.52. The van der Waals surface area contributed by atoms with Crippen molar-refractivity contribution < 1.29 is 105 Å². The van der Waals surface area contributed by atoms with Gasteiger partial charge in [0.15, 0.2) is 12.3 Å². The summed E-state index contributed by atoms with van der Waals surface area (Å²) in [5, 5.41) is 18.9. The van der Waals surface area contributed by atoms with Gasteiger partial charge in [-0.15, -0.1) is 10.2 Å². The topological polar surface area (TPSA) is 519 Å². The molecule has 4 aromatic carbocycles. The molecule has 0 saturated carbocycles. The molecule has 0 saturated heterocycles. The Kier molecular flexibility index (Phi) is 20.5. The number of primary sulfonamides is 1. The summed E-state index contributed by atoms with van der Waals surface area (Å²) < 4.78 is 236. The van der Waals surface area contributed by atoms with E-state index >= 15 is 0 Å². The molecule has 0 aliphatic carbocycles. The number of pyridine rings is 1.